The molecule has 0 bridgehead atoms. The van der Waals surface area contributed by atoms with E-state index in [1.54, 1.807) is 39.8 Å². The molecule has 0 unspecified atom stereocenters. The molecule has 30 heavy (non-hydrogen) atoms. The Bertz CT molecular complexity index is 947. The third-order valence-electron chi connectivity index (χ3n) is 5.57. The number of ether oxygens (including phenoxy) is 2. The Morgan fingerprint density at radius 1 is 1.13 bits per heavy atom. The fraction of sp³-hybridized carbons (Fsp3) is 0.458. The van der Waals surface area contributed by atoms with Crippen LogP contribution in [0.2, 0.25) is 0 Å². The molecular weight excluding hydrogens is 384 g/mol. The summed E-state index contributed by atoms with van der Waals surface area (Å²) in [7, 11) is 1.53. The maximum Gasteiger partial charge on any atom is 0.342 e. The molecule has 0 spiro atoms. The molecule has 1 aromatic rings. The smallest absolute Gasteiger partial charge is 0.342 e. The van der Waals surface area contributed by atoms with Gasteiger partial charge >= 0.3 is 5.63 Å². The van der Waals surface area contributed by atoms with E-state index in [4.69, 9.17) is 13.9 Å². The van der Waals surface area contributed by atoms with Gasteiger partial charge in [0.1, 0.15) is 28.8 Å². The molecular formula is C24H32O6. The molecule has 4 atom stereocenters. The molecule has 164 valence electrons. The van der Waals surface area contributed by atoms with Crippen LogP contribution in [-0.2, 0) is 4.74 Å². The van der Waals surface area contributed by atoms with Crippen molar-refractivity contribution in [1.82, 2.24) is 0 Å². The minimum Gasteiger partial charge on any atom is -0.496 e. The van der Waals surface area contributed by atoms with Crippen LogP contribution in [-0.4, -0.2) is 40.7 Å². The van der Waals surface area contributed by atoms with Gasteiger partial charge in [0, 0.05) is 5.56 Å². The van der Waals surface area contributed by atoms with Gasteiger partial charge in [-0.3, -0.25) is 0 Å². The number of methoxy groups -OCH3 is 1. The second-order valence-corrected chi connectivity index (χ2v) is 8.10. The summed E-state index contributed by atoms with van der Waals surface area (Å²) in [5.41, 5.74) is -0.567. The normalized spacial score (nSPS) is 30.2. The van der Waals surface area contributed by atoms with Crippen LogP contribution in [0, 0.1) is 13.8 Å². The van der Waals surface area contributed by atoms with Gasteiger partial charge in [-0.25, -0.2) is 4.79 Å². The molecule has 1 fully saturated rings. The van der Waals surface area contributed by atoms with Gasteiger partial charge < -0.3 is 24.1 Å². The molecule has 1 aliphatic heterocycles. The second-order valence-electron chi connectivity index (χ2n) is 8.10. The molecule has 0 aromatic carbocycles. The summed E-state index contributed by atoms with van der Waals surface area (Å²) in [6, 6.07) is 0. The molecule has 2 rings (SSSR count). The van der Waals surface area contributed by atoms with E-state index in [9.17, 15) is 15.0 Å². The van der Waals surface area contributed by atoms with Crippen LogP contribution in [0.15, 0.2) is 51.2 Å². The predicted octanol–water partition coefficient (Wildman–Crippen LogP) is 3.63. The molecule has 1 aromatic heterocycles. The van der Waals surface area contributed by atoms with Crippen molar-refractivity contribution in [2.24, 2.45) is 0 Å². The minimum absolute atomic E-state index is 0.417. The molecule has 2 N–H and O–H groups in total. The fourth-order valence-corrected chi connectivity index (χ4v) is 3.66. The van der Waals surface area contributed by atoms with Crippen molar-refractivity contribution in [3.05, 3.63) is 69.3 Å². The van der Waals surface area contributed by atoms with Gasteiger partial charge in [0.2, 0.25) is 0 Å². The van der Waals surface area contributed by atoms with E-state index in [1.807, 2.05) is 44.2 Å². The zero-order valence-electron chi connectivity index (χ0n) is 18.7. The average molecular weight is 417 g/mol. The lowest BCUT2D eigenvalue weighted by molar-refractivity contribution is -0.0579. The van der Waals surface area contributed by atoms with Crippen molar-refractivity contribution in [3.8, 4) is 5.75 Å². The lowest BCUT2D eigenvalue weighted by Crippen LogP contribution is -2.47. The van der Waals surface area contributed by atoms with E-state index in [0.717, 1.165) is 11.1 Å². The Hall–Kier alpha value is -2.41. The molecule has 6 nitrogen and oxygen atoms in total. The molecule has 0 saturated carbocycles. The summed E-state index contributed by atoms with van der Waals surface area (Å²) in [6.45, 7) is 10.5. The monoisotopic (exact) mass is 416 g/mol. The van der Waals surface area contributed by atoms with E-state index in [2.05, 4.69) is 0 Å². The second kappa shape index (κ2) is 9.16. The highest BCUT2D eigenvalue weighted by Crippen LogP contribution is 2.39. The van der Waals surface area contributed by atoms with E-state index in [1.165, 1.54) is 7.11 Å². The third-order valence-corrected chi connectivity index (χ3v) is 5.57. The summed E-state index contributed by atoms with van der Waals surface area (Å²) < 4.78 is 16.4. The first kappa shape index (κ1) is 23.9. The SMILES string of the molecule is COc1c(C)c(C=CC=CC=CC(C)=C[C@@]2(C)O[C@@H](C)[C@@](C)(O)[C@@H]2O)oc(=O)c1C. The van der Waals surface area contributed by atoms with E-state index in [-0.39, 0.29) is 0 Å². The Morgan fingerprint density at radius 3 is 2.33 bits per heavy atom. The molecule has 0 amide bonds. The van der Waals surface area contributed by atoms with Crippen LogP contribution in [0.1, 0.15) is 44.6 Å². The maximum absolute atomic E-state index is 11.9. The van der Waals surface area contributed by atoms with Gasteiger partial charge in [-0.05, 0) is 53.7 Å². The molecule has 6 heteroatoms. The van der Waals surface area contributed by atoms with Gasteiger partial charge in [-0.2, -0.15) is 0 Å². The highest BCUT2D eigenvalue weighted by molar-refractivity contribution is 5.54. The quantitative estimate of drug-likeness (QED) is 0.689. The summed E-state index contributed by atoms with van der Waals surface area (Å²) in [5.74, 6) is 0.988. The highest BCUT2D eigenvalue weighted by Gasteiger charge is 2.55. The lowest BCUT2D eigenvalue weighted by Gasteiger charge is -2.28. The predicted molar refractivity (Wildman–Crippen MR) is 118 cm³/mol. The van der Waals surface area contributed by atoms with Gasteiger partial charge in [-0.15, -0.1) is 0 Å². The number of aliphatic hydroxyl groups is 2. The molecule has 0 aliphatic carbocycles. The van der Waals surface area contributed by atoms with Gasteiger partial charge in [0.25, 0.3) is 0 Å². The lowest BCUT2D eigenvalue weighted by atomic mass is 9.86. The summed E-state index contributed by atoms with van der Waals surface area (Å²) in [4.78, 5) is 11.9. The third kappa shape index (κ3) is 4.83. The number of allylic oxidation sites excluding steroid dienone is 6. The van der Waals surface area contributed by atoms with Gasteiger partial charge in [-0.1, -0.05) is 36.0 Å². The van der Waals surface area contributed by atoms with E-state index < -0.39 is 29.0 Å². The topological polar surface area (TPSA) is 89.1 Å². The van der Waals surface area contributed by atoms with Crippen LogP contribution < -0.4 is 10.4 Å². The van der Waals surface area contributed by atoms with Crippen LogP contribution in [0.4, 0.5) is 0 Å². The number of hydrogen-bond donors (Lipinski definition) is 2. The van der Waals surface area contributed by atoms with Crippen LogP contribution in [0.3, 0.4) is 0 Å². The number of aliphatic hydroxyl groups excluding tert-OH is 1. The Balaban J connectivity index is 2.07. The van der Waals surface area contributed by atoms with E-state index in [0.29, 0.717) is 17.1 Å². The highest BCUT2D eigenvalue weighted by atomic mass is 16.6. The van der Waals surface area contributed by atoms with Crippen LogP contribution in [0.5, 0.6) is 5.75 Å². The van der Waals surface area contributed by atoms with Crippen LogP contribution >= 0.6 is 0 Å². The zero-order chi connectivity index (χ0) is 22.7. The van der Waals surface area contributed by atoms with Crippen molar-refractivity contribution in [1.29, 1.82) is 0 Å². The summed E-state index contributed by atoms with van der Waals surface area (Å²) in [6.07, 6.45) is 11.2. The standard InChI is InChI=1S/C24H32O6/c1-15(14-23(5)22(26)24(6,27)18(4)30-23)12-10-8-9-11-13-19-16(2)20(28-7)17(3)21(25)29-19/h8-14,18,22,26-27H,1-7H3/t18-,22+,23+,24+/m0/s1. The van der Waals surface area contributed by atoms with Gasteiger partial charge in [0.05, 0.1) is 18.8 Å². The molecule has 2 heterocycles. The summed E-state index contributed by atoms with van der Waals surface area (Å²) in [5, 5.41) is 20.8. The van der Waals surface area contributed by atoms with Crippen molar-refractivity contribution in [3.63, 3.8) is 0 Å². The van der Waals surface area contributed by atoms with E-state index >= 15 is 0 Å². The largest absolute Gasteiger partial charge is 0.496 e. The molecule has 0 radical (unpaired) electrons. The first-order valence-corrected chi connectivity index (χ1v) is 9.91. The van der Waals surface area contributed by atoms with Crippen LogP contribution in [0.25, 0.3) is 6.08 Å². The number of hydrogen-bond acceptors (Lipinski definition) is 6. The fourth-order valence-electron chi connectivity index (χ4n) is 3.66. The van der Waals surface area contributed by atoms with Crippen molar-refractivity contribution in [2.75, 3.05) is 7.11 Å². The average Bonchev–Trinajstić information content (AvgIpc) is 2.81. The van der Waals surface area contributed by atoms with Gasteiger partial charge in [0.15, 0.2) is 0 Å². The molecule has 1 aliphatic rings. The van der Waals surface area contributed by atoms with Crippen molar-refractivity contribution < 1.29 is 24.1 Å². The first-order valence-electron chi connectivity index (χ1n) is 9.91. The Morgan fingerprint density at radius 2 is 1.77 bits per heavy atom. The maximum atomic E-state index is 11.9. The zero-order valence-corrected chi connectivity index (χ0v) is 18.7. The summed E-state index contributed by atoms with van der Waals surface area (Å²) >= 11 is 0. The first-order chi connectivity index (χ1) is 13.9. The Kier molecular flexibility index (Phi) is 7.29. The molecule has 1 saturated heterocycles. The Labute approximate surface area is 177 Å². The van der Waals surface area contributed by atoms with Crippen molar-refractivity contribution in [2.45, 2.75) is 65.0 Å². The van der Waals surface area contributed by atoms with Crippen molar-refractivity contribution >= 4 is 6.08 Å². The minimum atomic E-state index is -1.30. The number of rotatable bonds is 6.